The molecule has 6 heteroatoms. The first-order valence-electron chi connectivity index (χ1n) is 4.95. The van der Waals surface area contributed by atoms with Crippen LogP contribution in [0.15, 0.2) is 27.5 Å². The lowest BCUT2D eigenvalue weighted by Gasteiger charge is -1.98. The van der Waals surface area contributed by atoms with Crippen LogP contribution >= 0.6 is 0 Å². The van der Waals surface area contributed by atoms with Crippen molar-refractivity contribution in [1.29, 1.82) is 0 Å². The molecule has 0 radical (unpaired) electrons. The minimum Gasteiger partial charge on any atom is -0.472 e. The van der Waals surface area contributed by atoms with Gasteiger partial charge in [0.25, 0.3) is 0 Å². The second-order valence-corrected chi connectivity index (χ2v) is 3.19. The maximum Gasteiger partial charge on any atom is 0.240 e. The molecule has 0 amide bonds. The van der Waals surface area contributed by atoms with E-state index < -0.39 is 0 Å². The highest BCUT2D eigenvalue weighted by atomic mass is 16.5. The van der Waals surface area contributed by atoms with Crippen LogP contribution in [-0.4, -0.2) is 30.4 Å². The molecule has 0 saturated heterocycles. The minimum atomic E-state index is 0.536. The van der Waals surface area contributed by atoms with Crippen molar-refractivity contribution in [2.24, 2.45) is 0 Å². The van der Waals surface area contributed by atoms with Crippen molar-refractivity contribution in [3.63, 3.8) is 0 Å². The molecule has 16 heavy (non-hydrogen) atoms. The SMILES string of the molecule is COCCNCc1nc(-c2ccoc2)no1. The third-order valence-corrected chi connectivity index (χ3v) is 2.01. The fourth-order valence-corrected chi connectivity index (χ4v) is 1.21. The van der Waals surface area contributed by atoms with Crippen LogP contribution in [0.2, 0.25) is 0 Å². The van der Waals surface area contributed by atoms with Crippen molar-refractivity contribution < 1.29 is 13.7 Å². The van der Waals surface area contributed by atoms with Crippen LogP contribution in [0.5, 0.6) is 0 Å². The Morgan fingerprint density at radius 2 is 2.44 bits per heavy atom. The summed E-state index contributed by atoms with van der Waals surface area (Å²) in [7, 11) is 1.66. The molecule has 2 heterocycles. The van der Waals surface area contributed by atoms with Crippen LogP contribution in [0.4, 0.5) is 0 Å². The fourth-order valence-electron chi connectivity index (χ4n) is 1.21. The van der Waals surface area contributed by atoms with Crippen LogP contribution in [0.3, 0.4) is 0 Å². The highest BCUT2D eigenvalue weighted by Crippen LogP contribution is 2.15. The summed E-state index contributed by atoms with van der Waals surface area (Å²) in [6.07, 6.45) is 3.15. The lowest BCUT2D eigenvalue weighted by molar-refractivity contribution is 0.197. The van der Waals surface area contributed by atoms with Gasteiger partial charge in [-0.3, -0.25) is 0 Å². The summed E-state index contributed by atoms with van der Waals surface area (Å²) >= 11 is 0. The van der Waals surface area contributed by atoms with Crippen LogP contribution in [0, 0.1) is 0 Å². The molecule has 2 aromatic heterocycles. The Morgan fingerprint density at radius 3 is 3.19 bits per heavy atom. The number of nitrogens with zero attached hydrogens (tertiary/aromatic N) is 2. The molecule has 0 atom stereocenters. The summed E-state index contributed by atoms with van der Waals surface area (Å²) in [5.41, 5.74) is 0.812. The van der Waals surface area contributed by atoms with E-state index in [1.54, 1.807) is 25.7 Å². The van der Waals surface area contributed by atoms with Gasteiger partial charge >= 0.3 is 0 Å². The number of nitrogens with one attached hydrogen (secondary N) is 1. The van der Waals surface area contributed by atoms with E-state index in [2.05, 4.69) is 15.5 Å². The predicted octanol–water partition coefficient (Wildman–Crippen LogP) is 1.07. The van der Waals surface area contributed by atoms with Crippen LogP contribution in [-0.2, 0) is 11.3 Å². The molecule has 2 rings (SSSR count). The van der Waals surface area contributed by atoms with Crippen molar-refractivity contribution >= 4 is 0 Å². The molecule has 0 unspecified atom stereocenters. The Hall–Kier alpha value is -1.66. The summed E-state index contributed by atoms with van der Waals surface area (Å²) in [4.78, 5) is 4.21. The monoisotopic (exact) mass is 223 g/mol. The molecular weight excluding hydrogens is 210 g/mol. The van der Waals surface area contributed by atoms with E-state index in [-0.39, 0.29) is 0 Å². The maximum atomic E-state index is 5.06. The van der Waals surface area contributed by atoms with Crippen molar-refractivity contribution in [3.05, 3.63) is 24.5 Å². The van der Waals surface area contributed by atoms with E-state index >= 15 is 0 Å². The zero-order valence-corrected chi connectivity index (χ0v) is 8.97. The third kappa shape index (κ3) is 2.68. The number of aromatic nitrogens is 2. The van der Waals surface area contributed by atoms with E-state index in [1.807, 2.05) is 0 Å². The van der Waals surface area contributed by atoms with Gasteiger partial charge in [-0.05, 0) is 6.07 Å². The zero-order valence-electron chi connectivity index (χ0n) is 8.97. The number of furan rings is 1. The highest BCUT2D eigenvalue weighted by molar-refractivity contribution is 5.51. The number of methoxy groups -OCH3 is 1. The van der Waals surface area contributed by atoms with Gasteiger partial charge in [0, 0.05) is 13.7 Å². The van der Waals surface area contributed by atoms with Crippen molar-refractivity contribution in [2.45, 2.75) is 6.54 Å². The number of rotatable bonds is 6. The van der Waals surface area contributed by atoms with E-state index in [4.69, 9.17) is 13.7 Å². The molecule has 0 aromatic carbocycles. The Balaban J connectivity index is 1.88. The Kier molecular flexibility index (Phi) is 3.68. The largest absolute Gasteiger partial charge is 0.472 e. The highest BCUT2D eigenvalue weighted by Gasteiger charge is 2.08. The molecule has 1 N–H and O–H groups in total. The average Bonchev–Trinajstić information content (AvgIpc) is 2.94. The molecular formula is C10H13N3O3. The Labute approximate surface area is 92.6 Å². The second-order valence-electron chi connectivity index (χ2n) is 3.19. The minimum absolute atomic E-state index is 0.536. The topological polar surface area (TPSA) is 73.3 Å². The first kappa shape index (κ1) is 10.8. The molecule has 0 fully saturated rings. The number of hydrogen-bond donors (Lipinski definition) is 1. The summed E-state index contributed by atoms with van der Waals surface area (Å²) < 4.78 is 14.9. The lowest BCUT2D eigenvalue weighted by atomic mass is 10.3. The lowest BCUT2D eigenvalue weighted by Crippen LogP contribution is -2.18. The van der Waals surface area contributed by atoms with Crippen LogP contribution < -0.4 is 5.32 Å². The molecule has 2 aromatic rings. The van der Waals surface area contributed by atoms with Gasteiger partial charge in [0.2, 0.25) is 11.7 Å². The van der Waals surface area contributed by atoms with Gasteiger partial charge in [-0.2, -0.15) is 4.98 Å². The van der Waals surface area contributed by atoms with E-state index in [0.717, 1.165) is 12.1 Å². The third-order valence-electron chi connectivity index (χ3n) is 2.01. The quantitative estimate of drug-likeness (QED) is 0.738. The van der Waals surface area contributed by atoms with E-state index in [9.17, 15) is 0 Å². The van der Waals surface area contributed by atoms with Crippen LogP contribution in [0.25, 0.3) is 11.4 Å². The summed E-state index contributed by atoms with van der Waals surface area (Å²) in [5, 5.41) is 6.96. The normalized spacial score (nSPS) is 10.8. The van der Waals surface area contributed by atoms with Gasteiger partial charge in [0.05, 0.1) is 25.0 Å². The Morgan fingerprint density at radius 1 is 1.50 bits per heavy atom. The van der Waals surface area contributed by atoms with Crippen molar-refractivity contribution in [3.8, 4) is 11.4 Å². The number of ether oxygens (including phenoxy) is 1. The molecule has 0 aliphatic rings. The fraction of sp³-hybridized carbons (Fsp3) is 0.400. The smallest absolute Gasteiger partial charge is 0.240 e. The Bertz CT molecular complexity index is 411. The van der Waals surface area contributed by atoms with Crippen LogP contribution in [0.1, 0.15) is 5.89 Å². The predicted molar refractivity (Wildman–Crippen MR) is 55.6 cm³/mol. The molecule has 0 spiro atoms. The average molecular weight is 223 g/mol. The molecule has 0 saturated carbocycles. The summed E-state index contributed by atoms with van der Waals surface area (Å²) in [6.45, 7) is 1.94. The molecule has 0 bridgehead atoms. The van der Waals surface area contributed by atoms with E-state index in [0.29, 0.717) is 24.9 Å². The first-order chi connectivity index (χ1) is 7.90. The second kappa shape index (κ2) is 5.43. The molecule has 6 nitrogen and oxygen atoms in total. The van der Waals surface area contributed by atoms with Crippen molar-refractivity contribution in [1.82, 2.24) is 15.5 Å². The van der Waals surface area contributed by atoms with Gasteiger partial charge in [0.1, 0.15) is 6.26 Å². The van der Waals surface area contributed by atoms with Gasteiger partial charge in [0.15, 0.2) is 0 Å². The van der Waals surface area contributed by atoms with Gasteiger partial charge < -0.3 is 19.0 Å². The first-order valence-corrected chi connectivity index (χ1v) is 4.95. The van der Waals surface area contributed by atoms with Gasteiger partial charge in [-0.25, -0.2) is 0 Å². The molecule has 0 aliphatic carbocycles. The summed E-state index contributed by atoms with van der Waals surface area (Å²) in [6, 6.07) is 1.78. The molecule has 86 valence electrons. The van der Waals surface area contributed by atoms with Gasteiger partial charge in [-0.15, -0.1) is 0 Å². The summed E-state index contributed by atoms with van der Waals surface area (Å²) in [5.74, 6) is 1.09. The molecule has 0 aliphatic heterocycles. The standard InChI is InChI=1S/C10H13N3O3/c1-14-5-3-11-6-9-12-10(13-16-9)8-2-4-15-7-8/h2,4,7,11H,3,5-6H2,1H3. The maximum absolute atomic E-state index is 5.06. The number of hydrogen-bond acceptors (Lipinski definition) is 6. The zero-order chi connectivity index (χ0) is 11.2. The van der Waals surface area contributed by atoms with E-state index in [1.165, 1.54) is 0 Å². The van der Waals surface area contributed by atoms with Crippen molar-refractivity contribution in [2.75, 3.05) is 20.3 Å². The van der Waals surface area contributed by atoms with Gasteiger partial charge in [-0.1, -0.05) is 5.16 Å².